The number of hydrogen-bond donors (Lipinski definition) is 2. The van der Waals surface area contributed by atoms with Crippen LogP contribution in [-0.2, 0) is 11.8 Å². The lowest BCUT2D eigenvalue weighted by Gasteiger charge is -2.13. The Morgan fingerprint density at radius 3 is 2.76 bits per heavy atom. The summed E-state index contributed by atoms with van der Waals surface area (Å²) in [6.45, 7) is 1.56. The Morgan fingerprint density at radius 2 is 2.24 bits per heavy atom. The van der Waals surface area contributed by atoms with E-state index in [1.54, 1.807) is 20.2 Å². The zero-order chi connectivity index (χ0) is 15.6. The fraction of sp³-hybridized carbons (Fsp3) is 0.250. The number of aromatic nitrogens is 3. The molecule has 0 spiro atoms. The van der Waals surface area contributed by atoms with Gasteiger partial charge in [-0.2, -0.15) is 5.10 Å². The van der Waals surface area contributed by atoms with Crippen molar-refractivity contribution in [2.45, 2.75) is 13.0 Å². The molecule has 0 saturated heterocycles. The van der Waals surface area contributed by atoms with E-state index in [9.17, 15) is 20.0 Å². The fourth-order valence-corrected chi connectivity index (χ4v) is 1.81. The van der Waals surface area contributed by atoms with E-state index in [0.29, 0.717) is 11.1 Å². The number of nitrogens with zero attached hydrogens (tertiary/aromatic N) is 4. The third-order valence-corrected chi connectivity index (χ3v) is 2.87. The average Bonchev–Trinajstić information content (AvgIpc) is 2.83. The Hall–Kier alpha value is -2.97. The van der Waals surface area contributed by atoms with Crippen LogP contribution in [0.2, 0.25) is 0 Å². The Morgan fingerprint density at radius 1 is 1.52 bits per heavy atom. The highest BCUT2D eigenvalue weighted by molar-refractivity contribution is 5.78. The van der Waals surface area contributed by atoms with E-state index in [-0.39, 0.29) is 11.5 Å². The first-order valence-corrected chi connectivity index (χ1v) is 5.97. The number of rotatable bonds is 5. The molecular weight excluding hydrogens is 278 g/mol. The maximum Gasteiger partial charge on any atom is 0.330 e. The van der Waals surface area contributed by atoms with Crippen molar-refractivity contribution in [1.29, 1.82) is 0 Å². The summed E-state index contributed by atoms with van der Waals surface area (Å²) in [6.07, 6.45) is 4.28. The van der Waals surface area contributed by atoms with Gasteiger partial charge in [-0.05, 0) is 6.92 Å². The minimum absolute atomic E-state index is 0.114. The summed E-state index contributed by atoms with van der Waals surface area (Å²) in [5, 5.41) is 26.7. The van der Waals surface area contributed by atoms with E-state index in [0.717, 1.165) is 0 Å². The Balaban J connectivity index is 2.32. The highest BCUT2D eigenvalue weighted by Gasteiger charge is 2.23. The molecular formula is C12H13N5O4. The zero-order valence-electron chi connectivity index (χ0n) is 11.3. The van der Waals surface area contributed by atoms with Crippen molar-refractivity contribution in [2.24, 2.45) is 7.05 Å². The molecule has 2 aromatic heterocycles. The number of aliphatic carboxylic acids is 1. The topological polar surface area (TPSA) is 123 Å². The normalized spacial score (nSPS) is 11.9. The fourth-order valence-electron chi connectivity index (χ4n) is 1.81. The molecule has 2 N–H and O–H groups in total. The van der Waals surface area contributed by atoms with Crippen LogP contribution in [0, 0.1) is 17.0 Å². The third-order valence-electron chi connectivity index (χ3n) is 2.87. The molecule has 2 rings (SSSR count). The van der Waals surface area contributed by atoms with Gasteiger partial charge in [-0.25, -0.2) is 9.78 Å². The summed E-state index contributed by atoms with van der Waals surface area (Å²) in [4.78, 5) is 25.7. The number of carboxylic acid groups (broad SMARTS) is 1. The SMILES string of the molecule is Cc1cnc(NC(C(=O)O)c2cnn(C)c2)cc1[N+](=O)[O-]. The van der Waals surface area contributed by atoms with Crippen LogP contribution in [0.1, 0.15) is 17.2 Å². The molecule has 0 amide bonds. The van der Waals surface area contributed by atoms with Crippen molar-refractivity contribution >= 4 is 17.5 Å². The summed E-state index contributed by atoms with van der Waals surface area (Å²) in [5.41, 5.74) is 0.705. The molecule has 1 atom stereocenters. The molecule has 0 saturated carbocycles. The van der Waals surface area contributed by atoms with Crippen LogP contribution in [0.25, 0.3) is 0 Å². The van der Waals surface area contributed by atoms with Crippen molar-refractivity contribution in [3.8, 4) is 0 Å². The van der Waals surface area contributed by atoms with Gasteiger partial charge < -0.3 is 10.4 Å². The van der Waals surface area contributed by atoms with Gasteiger partial charge in [0.1, 0.15) is 5.82 Å². The molecule has 0 radical (unpaired) electrons. The summed E-state index contributed by atoms with van der Waals surface area (Å²) < 4.78 is 1.47. The van der Waals surface area contributed by atoms with Crippen molar-refractivity contribution in [3.63, 3.8) is 0 Å². The highest BCUT2D eigenvalue weighted by atomic mass is 16.6. The third kappa shape index (κ3) is 3.14. The molecule has 2 heterocycles. The second-order valence-electron chi connectivity index (χ2n) is 4.48. The lowest BCUT2D eigenvalue weighted by molar-refractivity contribution is -0.385. The minimum atomic E-state index is -1.13. The van der Waals surface area contributed by atoms with E-state index in [1.165, 1.54) is 23.1 Å². The maximum absolute atomic E-state index is 11.3. The molecule has 110 valence electrons. The van der Waals surface area contributed by atoms with Crippen LogP contribution >= 0.6 is 0 Å². The average molecular weight is 291 g/mol. The molecule has 1 unspecified atom stereocenters. The number of nitrogens with one attached hydrogen (secondary N) is 1. The molecule has 9 heteroatoms. The number of nitro groups is 1. The number of hydrogen-bond acceptors (Lipinski definition) is 6. The monoisotopic (exact) mass is 291 g/mol. The van der Waals surface area contributed by atoms with E-state index >= 15 is 0 Å². The standard InChI is InChI=1S/C12H13N5O4/c1-7-4-13-10(3-9(7)17(20)21)15-11(12(18)19)8-5-14-16(2)6-8/h3-6,11H,1-2H3,(H,13,15)(H,18,19). The van der Waals surface area contributed by atoms with Crippen LogP contribution in [0.4, 0.5) is 11.5 Å². The first-order valence-electron chi connectivity index (χ1n) is 5.97. The molecule has 0 aliphatic carbocycles. The predicted octanol–water partition coefficient (Wildman–Crippen LogP) is 1.27. The number of aryl methyl sites for hydroxylation is 2. The van der Waals surface area contributed by atoms with Gasteiger partial charge in [0.15, 0.2) is 6.04 Å². The number of anilines is 1. The second kappa shape index (κ2) is 5.57. The number of carboxylic acids is 1. The quantitative estimate of drug-likeness (QED) is 0.628. The molecule has 0 fully saturated rings. The maximum atomic E-state index is 11.3. The summed E-state index contributed by atoms with van der Waals surface area (Å²) in [6, 6.07) is 0.121. The smallest absolute Gasteiger partial charge is 0.330 e. The Bertz CT molecular complexity index is 697. The van der Waals surface area contributed by atoms with Crippen molar-refractivity contribution < 1.29 is 14.8 Å². The van der Waals surface area contributed by atoms with Crippen LogP contribution in [0.5, 0.6) is 0 Å². The van der Waals surface area contributed by atoms with E-state index in [4.69, 9.17) is 0 Å². The van der Waals surface area contributed by atoms with Gasteiger partial charge in [-0.15, -0.1) is 0 Å². The van der Waals surface area contributed by atoms with Gasteiger partial charge in [0.25, 0.3) is 5.69 Å². The van der Waals surface area contributed by atoms with E-state index in [2.05, 4.69) is 15.4 Å². The van der Waals surface area contributed by atoms with Gasteiger partial charge in [0.05, 0.1) is 17.2 Å². The Kier molecular flexibility index (Phi) is 3.83. The minimum Gasteiger partial charge on any atom is -0.479 e. The van der Waals surface area contributed by atoms with Gasteiger partial charge in [-0.3, -0.25) is 14.8 Å². The molecule has 0 bridgehead atoms. The van der Waals surface area contributed by atoms with Gasteiger partial charge in [-0.1, -0.05) is 0 Å². The largest absolute Gasteiger partial charge is 0.479 e. The molecule has 21 heavy (non-hydrogen) atoms. The van der Waals surface area contributed by atoms with Crippen LogP contribution in [-0.4, -0.2) is 30.8 Å². The van der Waals surface area contributed by atoms with E-state index in [1.807, 2.05) is 0 Å². The van der Waals surface area contributed by atoms with Crippen molar-refractivity contribution in [1.82, 2.24) is 14.8 Å². The number of pyridine rings is 1. The van der Waals surface area contributed by atoms with Crippen molar-refractivity contribution in [3.05, 3.63) is 45.9 Å². The van der Waals surface area contributed by atoms with E-state index < -0.39 is 16.9 Å². The summed E-state index contributed by atoms with van der Waals surface area (Å²) >= 11 is 0. The van der Waals surface area contributed by atoms with Crippen LogP contribution < -0.4 is 5.32 Å². The first kappa shape index (κ1) is 14.4. The molecule has 2 aromatic rings. The highest BCUT2D eigenvalue weighted by Crippen LogP contribution is 2.23. The summed E-state index contributed by atoms with van der Waals surface area (Å²) in [7, 11) is 1.66. The Labute approximate surface area is 119 Å². The first-order chi connectivity index (χ1) is 9.88. The lowest BCUT2D eigenvalue weighted by atomic mass is 10.1. The summed E-state index contributed by atoms with van der Waals surface area (Å²) in [5.74, 6) is -1.02. The lowest BCUT2D eigenvalue weighted by Crippen LogP contribution is -2.20. The zero-order valence-corrected chi connectivity index (χ0v) is 11.3. The van der Waals surface area contributed by atoms with Crippen molar-refractivity contribution in [2.75, 3.05) is 5.32 Å². The van der Waals surface area contributed by atoms with Gasteiger partial charge >= 0.3 is 5.97 Å². The molecule has 9 nitrogen and oxygen atoms in total. The molecule has 0 aromatic carbocycles. The van der Waals surface area contributed by atoms with Crippen LogP contribution in [0.3, 0.4) is 0 Å². The van der Waals surface area contributed by atoms with Gasteiger partial charge in [0.2, 0.25) is 0 Å². The van der Waals surface area contributed by atoms with Crippen LogP contribution in [0.15, 0.2) is 24.7 Å². The molecule has 0 aliphatic heterocycles. The van der Waals surface area contributed by atoms with Gasteiger partial charge in [0, 0.05) is 30.6 Å². The number of carbonyl (C=O) groups is 1. The second-order valence-corrected chi connectivity index (χ2v) is 4.48. The predicted molar refractivity (Wildman–Crippen MR) is 72.8 cm³/mol. The molecule has 0 aliphatic rings.